The van der Waals surface area contributed by atoms with Gasteiger partial charge in [0.05, 0.1) is 12.2 Å². The molecular formula is C8H12O4. The van der Waals surface area contributed by atoms with Gasteiger partial charge in [0.15, 0.2) is 11.9 Å². The molecule has 4 nitrogen and oxygen atoms in total. The maximum Gasteiger partial charge on any atom is 0.176 e. The average molecular weight is 172 g/mol. The Morgan fingerprint density at radius 1 is 1.67 bits per heavy atom. The van der Waals surface area contributed by atoms with Crippen molar-refractivity contribution in [2.75, 3.05) is 0 Å². The predicted octanol–water partition coefficient (Wildman–Crippen LogP) is -0.317. The minimum atomic E-state index is -1.09. The molecule has 0 aromatic heterocycles. The van der Waals surface area contributed by atoms with Crippen molar-refractivity contribution in [3.63, 3.8) is 0 Å². The van der Waals surface area contributed by atoms with E-state index in [1.165, 1.54) is 0 Å². The maximum atomic E-state index is 10.6. The summed E-state index contributed by atoms with van der Waals surface area (Å²) < 4.78 is 5.04. The lowest BCUT2D eigenvalue weighted by molar-refractivity contribution is -0.117. The third-order valence-electron chi connectivity index (χ3n) is 2.19. The second-order valence-electron chi connectivity index (χ2n) is 2.90. The number of aliphatic hydroxyl groups is 1. The van der Waals surface area contributed by atoms with Crippen molar-refractivity contribution in [3.8, 4) is 0 Å². The fourth-order valence-corrected chi connectivity index (χ4v) is 1.37. The Balaban J connectivity index is 2.58. The minimum absolute atomic E-state index is 0.0464. The monoisotopic (exact) mass is 172 g/mol. The lowest BCUT2D eigenvalue weighted by atomic mass is 9.96. The highest BCUT2D eigenvalue weighted by Crippen LogP contribution is 2.40. The average Bonchev–Trinajstić information content (AvgIpc) is 2.80. The zero-order valence-corrected chi connectivity index (χ0v) is 6.90. The van der Waals surface area contributed by atoms with E-state index in [2.05, 4.69) is 0 Å². The lowest BCUT2D eigenvalue weighted by Gasteiger charge is -2.10. The van der Waals surface area contributed by atoms with Gasteiger partial charge in [-0.1, -0.05) is 6.92 Å². The summed E-state index contributed by atoms with van der Waals surface area (Å²) in [6.45, 7) is 1.86. The van der Waals surface area contributed by atoms with Gasteiger partial charge in [-0.05, 0) is 6.42 Å². The summed E-state index contributed by atoms with van der Waals surface area (Å²) in [6.07, 6.45) is 0.603. The summed E-state index contributed by atoms with van der Waals surface area (Å²) in [6, 6.07) is 0. The fourth-order valence-electron chi connectivity index (χ4n) is 1.37. The molecule has 68 valence electrons. The van der Waals surface area contributed by atoms with Crippen LogP contribution in [0.5, 0.6) is 0 Å². The van der Waals surface area contributed by atoms with E-state index in [0.29, 0.717) is 19.0 Å². The van der Waals surface area contributed by atoms with Gasteiger partial charge in [-0.3, -0.25) is 4.79 Å². The maximum absolute atomic E-state index is 10.6. The van der Waals surface area contributed by atoms with E-state index in [-0.39, 0.29) is 12.5 Å². The fraction of sp³-hybridized carbons (Fsp3) is 0.750. The Labute approximate surface area is 70.5 Å². The second-order valence-corrected chi connectivity index (χ2v) is 2.90. The topological polar surface area (TPSA) is 66.9 Å². The van der Waals surface area contributed by atoms with E-state index in [1.807, 2.05) is 6.92 Å². The SMILES string of the molecule is CCC1OC1(C=O)[C@H](O)CC=O. The van der Waals surface area contributed by atoms with E-state index in [0.717, 1.165) is 0 Å². The molecule has 2 unspecified atom stereocenters. The normalized spacial score (nSPS) is 35.7. The van der Waals surface area contributed by atoms with Crippen LogP contribution in [-0.2, 0) is 14.3 Å². The van der Waals surface area contributed by atoms with Gasteiger partial charge in [0.1, 0.15) is 6.29 Å². The first-order valence-electron chi connectivity index (χ1n) is 3.97. The summed E-state index contributed by atoms with van der Waals surface area (Å²) in [4.78, 5) is 20.6. The van der Waals surface area contributed by atoms with Crippen molar-refractivity contribution in [1.82, 2.24) is 0 Å². The molecule has 0 saturated carbocycles. The summed E-state index contributed by atoms with van der Waals surface area (Å²) in [7, 11) is 0. The number of carbonyl (C=O) groups excluding carboxylic acids is 2. The molecule has 1 aliphatic rings. The van der Waals surface area contributed by atoms with E-state index in [9.17, 15) is 14.7 Å². The van der Waals surface area contributed by atoms with Crippen LogP contribution in [-0.4, -0.2) is 35.5 Å². The Bertz CT molecular complexity index is 191. The molecule has 0 bridgehead atoms. The number of ether oxygens (including phenoxy) is 1. The predicted molar refractivity (Wildman–Crippen MR) is 40.6 cm³/mol. The number of carbonyl (C=O) groups is 2. The molecular weight excluding hydrogens is 160 g/mol. The molecule has 3 atom stereocenters. The summed E-state index contributed by atoms with van der Waals surface area (Å²) in [5, 5.41) is 9.35. The zero-order valence-electron chi connectivity index (χ0n) is 6.90. The Kier molecular flexibility index (Phi) is 2.59. The van der Waals surface area contributed by atoms with Gasteiger partial charge in [0.2, 0.25) is 0 Å². The van der Waals surface area contributed by atoms with Crippen LogP contribution in [0.4, 0.5) is 0 Å². The summed E-state index contributed by atoms with van der Waals surface area (Å²) in [5.41, 5.74) is -1.09. The van der Waals surface area contributed by atoms with Crippen molar-refractivity contribution in [2.45, 2.75) is 37.6 Å². The standard InChI is InChI=1S/C8H12O4/c1-2-7-8(5-10,12-7)6(11)3-4-9/h4-7,11H,2-3H2,1H3/t6-,7?,8?/m1/s1. The van der Waals surface area contributed by atoms with Crippen LogP contribution in [0.15, 0.2) is 0 Å². The Morgan fingerprint density at radius 3 is 2.67 bits per heavy atom. The van der Waals surface area contributed by atoms with Gasteiger partial charge in [0, 0.05) is 6.42 Å². The van der Waals surface area contributed by atoms with E-state index in [4.69, 9.17) is 4.74 Å². The van der Waals surface area contributed by atoms with Crippen molar-refractivity contribution < 1.29 is 19.4 Å². The van der Waals surface area contributed by atoms with Crippen LogP contribution in [0.2, 0.25) is 0 Å². The van der Waals surface area contributed by atoms with Crippen molar-refractivity contribution in [3.05, 3.63) is 0 Å². The zero-order chi connectivity index (χ0) is 9.19. The molecule has 1 aliphatic heterocycles. The largest absolute Gasteiger partial charge is 0.389 e. The Hall–Kier alpha value is -0.740. The second kappa shape index (κ2) is 3.33. The molecule has 1 fully saturated rings. The first-order valence-corrected chi connectivity index (χ1v) is 3.97. The number of hydrogen-bond acceptors (Lipinski definition) is 4. The van der Waals surface area contributed by atoms with Gasteiger partial charge in [0.25, 0.3) is 0 Å². The number of aldehydes is 2. The first-order chi connectivity index (χ1) is 5.71. The quantitative estimate of drug-likeness (QED) is 0.456. The number of epoxide rings is 1. The van der Waals surface area contributed by atoms with Crippen LogP contribution < -0.4 is 0 Å². The van der Waals surface area contributed by atoms with Gasteiger partial charge in [-0.15, -0.1) is 0 Å². The molecule has 12 heavy (non-hydrogen) atoms. The number of hydrogen-bond donors (Lipinski definition) is 1. The van der Waals surface area contributed by atoms with Crippen LogP contribution >= 0.6 is 0 Å². The molecule has 0 spiro atoms. The number of rotatable bonds is 5. The highest BCUT2D eigenvalue weighted by Gasteiger charge is 2.60. The summed E-state index contributed by atoms with van der Waals surface area (Å²) >= 11 is 0. The number of aliphatic hydroxyl groups excluding tert-OH is 1. The third kappa shape index (κ3) is 1.28. The van der Waals surface area contributed by atoms with Crippen LogP contribution in [0.1, 0.15) is 19.8 Å². The van der Waals surface area contributed by atoms with Crippen LogP contribution in [0.25, 0.3) is 0 Å². The molecule has 1 heterocycles. The molecule has 1 saturated heterocycles. The molecule has 1 N–H and O–H groups in total. The van der Waals surface area contributed by atoms with Gasteiger partial charge >= 0.3 is 0 Å². The van der Waals surface area contributed by atoms with Crippen molar-refractivity contribution in [1.29, 1.82) is 0 Å². The van der Waals surface area contributed by atoms with Crippen LogP contribution in [0.3, 0.4) is 0 Å². The van der Waals surface area contributed by atoms with E-state index < -0.39 is 11.7 Å². The highest BCUT2D eigenvalue weighted by atomic mass is 16.6. The van der Waals surface area contributed by atoms with Crippen LogP contribution in [0, 0.1) is 0 Å². The molecule has 0 amide bonds. The smallest absolute Gasteiger partial charge is 0.176 e. The first kappa shape index (κ1) is 9.35. The molecule has 0 aromatic rings. The third-order valence-corrected chi connectivity index (χ3v) is 2.19. The molecule has 0 aliphatic carbocycles. The summed E-state index contributed by atoms with van der Waals surface area (Å²) in [5.74, 6) is 0. The molecule has 1 rings (SSSR count). The van der Waals surface area contributed by atoms with Crippen molar-refractivity contribution >= 4 is 12.6 Å². The lowest BCUT2D eigenvalue weighted by Crippen LogP contribution is -2.34. The van der Waals surface area contributed by atoms with Gasteiger partial charge in [-0.25, -0.2) is 0 Å². The minimum Gasteiger partial charge on any atom is -0.389 e. The molecule has 0 radical (unpaired) electrons. The van der Waals surface area contributed by atoms with E-state index >= 15 is 0 Å². The van der Waals surface area contributed by atoms with Gasteiger partial charge in [-0.2, -0.15) is 0 Å². The Morgan fingerprint density at radius 2 is 2.33 bits per heavy atom. The van der Waals surface area contributed by atoms with Crippen molar-refractivity contribution in [2.24, 2.45) is 0 Å². The molecule has 0 aromatic carbocycles. The molecule has 4 heteroatoms. The van der Waals surface area contributed by atoms with Gasteiger partial charge < -0.3 is 14.6 Å². The highest BCUT2D eigenvalue weighted by molar-refractivity contribution is 5.70. The van der Waals surface area contributed by atoms with E-state index in [1.54, 1.807) is 0 Å².